The van der Waals surface area contributed by atoms with Gasteiger partial charge in [0.15, 0.2) is 0 Å². The quantitative estimate of drug-likeness (QED) is 0.656. The van der Waals surface area contributed by atoms with Crippen molar-refractivity contribution in [2.24, 2.45) is 17.3 Å². The van der Waals surface area contributed by atoms with Gasteiger partial charge in [0.25, 0.3) is 0 Å². The van der Waals surface area contributed by atoms with E-state index in [4.69, 9.17) is 9.47 Å². The second-order valence-electron chi connectivity index (χ2n) is 4.45. The lowest BCUT2D eigenvalue weighted by Crippen LogP contribution is -2.09. The number of hydrogen-bond acceptors (Lipinski definition) is 4. The van der Waals surface area contributed by atoms with Crippen LogP contribution in [0.25, 0.3) is 0 Å². The van der Waals surface area contributed by atoms with Gasteiger partial charge in [0.05, 0.1) is 19.1 Å². The Labute approximate surface area is 88.9 Å². The molecule has 0 bridgehead atoms. The van der Waals surface area contributed by atoms with Gasteiger partial charge in [-0.25, -0.2) is 0 Å². The molecule has 1 spiro atoms. The van der Waals surface area contributed by atoms with Gasteiger partial charge in [-0.2, -0.15) is 0 Å². The molecule has 2 aliphatic carbocycles. The van der Waals surface area contributed by atoms with E-state index in [-0.39, 0.29) is 23.3 Å². The Morgan fingerprint density at radius 1 is 1.33 bits per heavy atom. The smallest absolute Gasteiger partial charge is 0.309 e. The molecule has 3 atom stereocenters. The largest absolute Gasteiger partial charge is 0.466 e. The summed E-state index contributed by atoms with van der Waals surface area (Å²) in [5.41, 5.74) is 0.141. The molecular formula is C11H16O4. The Balaban J connectivity index is 1.75. The highest BCUT2D eigenvalue weighted by molar-refractivity contribution is 5.78. The van der Waals surface area contributed by atoms with Crippen molar-refractivity contribution in [3.05, 3.63) is 0 Å². The van der Waals surface area contributed by atoms with Crippen LogP contribution in [0, 0.1) is 17.3 Å². The van der Waals surface area contributed by atoms with Crippen molar-refractivity contribution in [3.63, 3.8) is 0 Å². The van der Waals surface area contributed by atoms with Crippen LogP contribution in [0.5, 0.6) is 0 Å². The fourth-order valence-electron chi connectivity index (χ4n) is 2.40. The molecule has 0 aromatic rings. The number of esters is 2. The van der Waals surface area contributed by atoms with Crippen molar-refractivity contribution in [3.8, 4) is 0 Å². The lowest BCUT2D eigenvalue weighted by atomic mass is 10.2. The summed E-state index contributed by atoms with van der Waals surface area (Å²) in [5, 5.41) is 0. The van der Waals surface area contributed by atoms with Gasteiger partial charge in [0, 0.05) is 12.8 Å². The first-order valence-corrected chi connectivity index (χ1v) is 5.40. The Hall–Kier alpha value is -1.06. The molecule has 2 rings (SSSR count). The highest BCUT2D eigenvalue weighted by Crippen LogP contribution is 2.74. The molecule has 2 fully saturated rings. The van der Waals surface area contributed by atoms with E-state index in [1.165, 1.54) is 6.92 Å². The van der Waals surface area contributed by atoms with Crippen LogP contribution >= 0.6 is 0 Å². The minimum atomic E-state index is -0.245. The summed E-state index contributed by atoms with van der Waals surface area (Å²) >= 11 is 0. The van der Waals surface area contributed by atoms with Gasteiger partial charge >= 0.3 is 11.9 Å². The van der Waals surface area contributed by atoms with Crippen molar-refractivity contribution in [1.82, 2.24) is 0 Å². The van der Waals surface area contributed by atoms with E-state index >= 15 is 0 Å². The molecule has 0 saturated heterocycles. The van der Waals surface area contributed by atoms with E-state index in [0.717, 1.165) is 12.8 Å². The maximum absolute atomic E-state index is 11.4. The number of hydrogen-bond donors (Lipinski definition) is 0. The summed E-state index contributed by atoms with van der Waals surface area (Å²) in [4.78, 5) is 22.0. The highest BCUT2D eigenvalue weighted by Gasteiger charge is 2.73. The summed E-state index contributed by atoms with van der Waals surface area (Å²) in [7, 11) is 0. The lowest BCUT2D eigenvalue weighted by Gasteiger charge is -2.01. The van der Waals surface area contributed by atoms with Crippen LogP contribution in [-0.2, 0) is 19.1 Å². The number of ether oxygens (including phenoxy) is 2. The Bertz CT molecular complexity index is 299. The third-order valence-corrected chi connectivity index (χ3v) is 3.46. The predicted molar refractivity (Wildman–Crippen MR) is 51.9 cm³/mol. The molecule has 0 aromatic heterocycles. The normalized spacial score (nSPS) is 36.1. The predicted octanol–water partition coefficient (Wildman–Crippen LogP) is 1.14. The molecule has 0 N–H and O–H groups in total. The average Bonchev–Trinajstić information content (AvgIpc) is 3.04. The van der Waals surface area contributed by atoms with Crippen molar-refractivity contribution in [2.75, 3.05) is 13.2 Å². The van der Waals surface area contributed by atoms with E-state index in [1.54, 1.807) is 0 Å². The van der Waals surface area contributed by atoms with Crippen LogP contribution in [-0.4, -0.2) is 25.2 Å². The first kappa shape index (κ1) is 10.5. The lowest BCUT2D eigenvalue weighted by molar-refractivity contribution is -0.145. The highest BCUT2D eigenvalue weighted by atomic mass is 16.5. The molecule has 0 radical (unpaired) electrons. The molecule has 15 heavy (non-hydrogen) atoms. The molecule has 0 heterocycles. The van der Waals surface area contributed by atoms with Gasteiger partial charge < -0.3 is 9.47 Å². The van der Waals surface area contributed by atoms with Gasteiger partial charge in [-0.15, -0.1) is 0 Å². The van der Waals surface area contributed by atoms with Gasteiger partial charge in [-0.1, -0.05) is 0 Å². The minimum absolute atomic E-state index is 0.0676. The molecule has 4 nitrogen and oxygen atoms in total. The molecule has 0 amide bonds. The average molecular weight is 212 g/mol. The Morgan fingerprint density at radius 2 is 2.07 bits per heavy atom. The summed E-state index contributed by atoms with van der Waals surface area (Å²) in [6.45, 7) is 4.13. The fourth-order valence-corrected chi connectivity index (χ4v) is 2.40. The van der Waals surface area contributed by atoms with Gasteiger partial charge in [-0.3, -0.25) is 9.59 Å². The fraction of sp³-hybridized carbons (Fsp3) is 0.818. The molecule has 0 aromatic carbocycles. The second kappa shape index (κ2) is 3.51. The summed E-state index contributed by atoms with van der Waals surface area (Å²) in [5.74, 6) is 0.127. The SMILES string of the molecule is CCOC(=O)[C@H]1C[C@]12C[C@H]2COC(C)=O. The van der Waals surface area contributed by atoms with E-state index in [2.05, 4.69) is 0 Å². The summed E-state index contributed by atoms with van der Waals surface area (Å²) in [6, 6.07) is 0. The third kappa shape index (κ3) is 1.85. The van der Waals surface area contributed by atoms with Crippen LogP contribution in [0.2, 0.25) is 0 Å². The standard InChI is InChI=1S/C11H16O4/c1-3-14-10(13)9-5-11(9)4-8(11)6-15-7(2)12/h8-9H,3-6H2,1-2H3/t8-,9+,11-/m0/s1. The van der Waals surface area contributed by atoms with Crippen LogP contribution in [0.1, 0.15) is 26.7 Å². The Kier molecular flexibility index (Phi) is 2.44. The molecular weight excluding hydrogens is 196 g/mol. The number of carbonyl (C=O) groups excluding carboxylic acids is 2. The van der Waals surface area contributed by atoms with Crippen LogP contribution < -0.4 is 0 Å². The van der Waals surface area contributed by atoms with Crippen molar-refractivity contribution < 1.29 is 19.1 Å². The molecule has 4 heteroatoms. The van der Waals surface area contributed by atoms with E-state index < -0.39 is 0 Å². The second-order valence-corrected chi connectivity index (χ2v) is 4.45. The zero-order valence-electron chi connectivity index (χ0n) is 9.12. The van der Waals surface area contributed by atoms with Gasteiger partial charge in [0.1, 0.15) is 0 Å². The van der Waals surface area contributed by atoms with E-state index in [1.807, 2.05) is 6.92 Å². The van der Waals surface area contributed by atoms with Crippen molar-refractivity contribution >= 4 is 11.9 Å². The maximum Gasteiger partial charge on any atom is 0.309 e. The molecule has 84 valence electrons. The summed E-state index contributed by atoms with van der Waals surface area (Å²) in [6.07, 6.45) is 1.92. The molecule has 2 saturated carbocycles. The molecule has 0 aliphatic heterocycles. The summed E-state index contributed by atoms with van der Waals surface area (Å²) < 4.78 is 9.91. The monoisotopic (exact) mass is 212 g/mol. The molecule has 2 aliphatic rings. The number of carbonyl (C=O) groups is 2. The van der Waals surface area contributed by atoms with E-state index in [0.29, 0.717) is 19.1 Å². The molecule has 0 unspecified atom stereocenters. The third-order valence-electron chi connectivity index (χ3n) is 3.46. The van der Waals surface area contributed by atoms with Gasteiger partial charge in [0.2, 0.25) is 0 Å². The maximum atomic E-state index is 11.4. The van der Waals surface area contributed by atoms with Crippen LogP contribution in [0.3, 0.4) is 0 Å². The zero-order valence-corrected chi connectivity index (χ0v) is 9.12. The van der Waals surface area contributed by atoms with Crippen molar-refractivity contribution in [2.45, 2.75) is 26.7 Å². The zero-order chi connectivity index (χ0) is 11.1. The minimum Gasteiger partial charge on any atom is -0.466 e. The van der Waals surface area contributed by atoms with Crippen LogP contribution in [0.15, 0.2) is 0 Å². The van der Waals surface area contributed by atoms with E-state index in [9.17, 15) is 9.59 Å². The van der Waals surface area contributed by atoms with Crippen LogP contribution in [0.4, 0.5) is 0 Å². The Morgan fingerprint density at radius 3 is 2.67 bits per heavy atom. The van der Waals surface area contributed by atoms with Crippen molar-refractivity contribution in [1.29, 1.82) is 0 Å². The number of rotatable bonds is 4. The first-order chi connectivity index (χ1) is 7.10. The van der Waals surface area contributed by atoms with Gasteiger partial charge in [-0.05, 0) is 25.2 Å². The topological polar surface area (TPSA) is 52.6 Å². The first-order valence-electron chi connectivity index (χ1n) is 5.40.